The molecule has 0 bridgehead atoms. The number of fused-ring (bicyclic) bond motifs is 1. The minimum atomic E-state index is 0.267. The van der Waals surface area contributed by atoms with E-state index in [0.29, 0.717) is 11.5 Å². The Bertz CT molecular complexity index is 174. The number of hydrogen-bond acceptors (Lipinski definition) is 1. The van der Waals surface area contributed by atoms with E-state index in [2.05, 4.69) is 27.7 Å². The van der Waals surface area contributed by atoms with Crippen molar-refractivity contribution >= 4 is 0 Å². The molecule has 1 heteroatoms. The van der Waals surface area contributed by atoms with Gasteiger partial charge in [-0.3, -0.25) is 0 Å². The molecule has 3 unspecified atom stereocenters. The van der Waals surface area contributed by atoms with Crippen molar-refractivity contribution in [3.8, 4) is 0 Å². The molecule has 1 aliphatic heterocycles. The average molecular weight is 140 g/mol. The van der Waals surface area contributed by atoms with E-state index < -0.39 is 0 Å². The first-order valence-corrected chi connectivity index (χ1v) is 4.13. The summed E-state index contributed by atoms with van der Waals surface area (Å²) in [6.07, 6.45) is 1.81. The van der Waals surface area contributed by atoms with Crippen LogP contribution < -0.4 is 0 Å². The molecule has 1 nitrogen and oxygen atoms in total. The third-order valence-electron chi connectivity index (χ3n) is 3.43. The SMILES string of the molecule is CC1C2OC2(C)CC1(C)C. The molecule has 0 radical (unpaired) electrons. The summed E-state index contributed by atoms with van der Waals surface area (Å²) < 4.78 is 5.59. The van der Waals surface area contributed by atoms with E-state index in [4.69, 9.17) is 4.74 Å². The Morgan fingerprint density at radius 3 is 2.10 bits per heavy atom. The monoisotopic (exact) mass is 140 g/mol. The van der Waals surface area contributed by atoms with E-state index in [9.17, 15) is 0 Å². The van der Waals surface area contributed by atoms with Crippen LogP contribution in [0.5, 0.6) is 0 Å². The summed E-state index contributed by atoms with van der Waals surface area (Å²) in [4.78, 5) is 0. The van der Waals surface area contributed by atoms with Crippen molar-refractivity contribution in [1.29, 1.82) is 0 Å². The molecular formula is C9H16O. The van der Waals surface area contributed by atoms with Crippen LogP contribution in [0.4, 0.5) is 0 Å². The van der Waals surface area contributed by atoms with Crippen molar-refractivity contribution in [3.63, 3.8) is 0 Å². The minimum absolute atomic E-state index is 0.267. The lowest BCUT2D eigenvalue weighted by molar-refractivity contribution is 0.121. The van der Waals surface area contributed by atoms with Crippen molar-refractivity contribution in [1.82, 2.24) is 0 Å². The first-order chi connectivity index (χ1) is 4.46. The van der Waals surface area contributed by atoms with Crippen LogP contribution in [0, 0.1) is 11.3 Å². The van der Waals surface area contributed by atoms with Crippen molar-refractivity contribution in [3.05, 3.63) is 0 Å². The van der Waals surface area contributed by atoms with Gasteiger partial charge in [-0.2, -0.15) is 0 Å². The van der Waals surface area contributed by atoms with E-state index in [1.807, 2.05) is 0 Å². The third-order valence-corrected chi connectivity index (χ3v) is 3.43. The van der Waals surface area contributed by atoms with Gasteiger partial charge in [-0.05, 0) is 24.7 Å². The van der Waals surface area contributed by atoms with Crippen molar-refractivity contribution < 1.29 is 4.74 Å². The van der Waals surface area contributed by atoms with Gasteiger partial charge >= 0.3 is 0 Å². The predicted octanol–water partition coefficient (Wildman–Crippen LogP) is 2.21. The van der Waals surface area contributed by atoms with Crippen LogP contribution in [0.25, 0.3) is 0 Å². The lowest BCUT2D eigenvalue weighted by Crippen LogP contribution is -2.20. The van der Waals surface area contributed by atoms with Gasteiger partial charge in [0.1, 0.15) is 0 Å². The molecule has 0 aromatic carbocycles. The minimum Gasteiger partial charge on any atom is -0.366 e. The fourth-order valence-corrected chi connectivity index (χ4v) is 2.50. The van der Waals surface area contributed by atoms with E-state index >= 15 is 0 Å². The second-order valence-corrected chi connectivity index (χ2v) is 4.81. The highest BCUT2D eigenvalue weighted by Gasteiger charge is 2.65. The predicted molar refractivity (Wildman–Crippen MR) is 40.8 cm³/mol. The van der Waals surface area contributed by atoms with Crippen LogP contribution in [0.1, 0.15) is 34.1 Å². The zero-order valence-corrected chi connectivity index (χ0v) is 7.27. The lowest BCUT2D eigenvalue weighted by atomic mass is 9.82. The first-order valence-electron chi connectivity index (χ1n) is 4.13. The van der Waals surface area contributed by atoms with Gasteiger partial charge in [-0.15, -0.1) is 0 Å². The van der Waals surface area contributed by atoms with Gasteiger partial charge in [-0.25, -0.2) is 0 Å². The van der Waals surface area contributed by atoms with Crippen LogP contribution in [0.3, 0.4) is 0 Å². The molecule has 0 spiro atoms. The van der Waals surface area contributed by atoms with Crippen LogP contribution in [0.2, 0.25) is 0 Å². The zero-order chi connectivity index (χ0) is 7.57. The molecule has 1 heterocycles. The van der Waals surface area contributed by atoms with Crippen molar-refractivity contribution in [2.75, 3.05) is 0 Å². The molecule has 0 N–H and O–H groups in total. The summed E-state index contributed by atoms with van der Waals surface area (Å²) in [5, 5.41) is 0. The molecular weight excluding hydrogens is 124 g/mol. The van der Waals surface area contributed by atoms with E-state index in [1.54, 1.807) is 0 Å². The van der Waals surface area contributed by atoms with Crippen molar-refractivity contribution in [2.45, 2.75) is 45.8 Å². The van der Waals surface area contributed by atoms with E-state index in [0.717, 1.165) is 5.92 Å². The second-order valence-electron chi connectivity index (χ2n) is 4.81. The van der Waals surface area contributed by atoms with E-state index in [-0.39, 0.29) is 5.60 Å². The summed E-state index contributed by atoms with van der Waals surface area (Å²) in [5.74, 6) is 0.748. The highest BCUT2D eigenvalue weighted by atomic mass is 16.6. The number of rotatable bonds is 0. The number of hydrogen-bond donors (Lipinski definition) is 0. The van der Waals surface area contributed by atoms with Gasteiger partial charge in [-0.1, -0.05) is 20.8 Å². The fraction of sp³-hybridized carbons (Fsp3) is 1.00. The molecule has 2 rings (SSSR count). The third kappa shape index (κ3) is 0.619. The molecule has 3 atom stereocenters. The molecule has 1 saturated heterocycles. The lowest BCUT2D eigenvalue weighted by Gasteiger charge is -2.26. The summed E-state index contributed by atoms with van der Waals surface area (Å²) in [5.41, 5.74) is 0.778. The molecule has 1 saturated carbocycles. The smallest absolute Gasteiger partial charge is 0.0928 e. The largest absolute Gasteiger partial charge is 0.366 e. The summed E-state index contributed by atoms with van der Waals surface area (Å²) in [7, 11) is 0. The average Bonchev–Trinajstić information content (AvgIpc) is 2.33. The Morgan fingerprint density at radius 2 is 1.90 bits per heavy atom. The maximum atomic E-state index is 5.59. The van der Waals surface area contributed by atoms with E-state index in [1.165, 1.54) is 6.42 Å². The molecule has 1 aliphatic carbocycles. The Kier molecular flexibility index (Phi) is 0.949. The Morgan fingerprint density at radius 1 is 1.30 bits per heavy atom. The summed E-state index contributed by atoms with van der Waals surface area (Å²) >= 11 is 0. The van der Waals surface area contributed by atoms with Gasteiger partial charge in [0.25, 0.3) is 0 Å². The number of epoxide rings is 1. The van der Waals surface area contributed by atoms with Gasteiger partial charge in [0.15, 0.2) is 0 Å². The summed E-state index contributed by atoms with van der Waals surface area (Å²) in [6, 6.07) is 0. The topological polar surface area (TPSA) is 12.5 Å². The molecule has 0 aromatic rings. The molecule has 2 fully saturated rings. The zero-order valence-electron chi connectivity index (χ0n) is 7.27. The molecule has 0 aromatic heterocycles. The Balaban J connectivity index is 2.22. The molecule has 0 amide bonds. The Labute approximate surface area is 62.8 Å². The van der Waals surface area contributed by atoms with Crippen molar-refractivity contribution in [2.24, 2.45) is 11.3 Å². The maximum Gasteiger partial charge on any atom is 0.0928 e. The van der Waals surface area contributed by atoms with Crippen LogP contribution in [0.15, 0.2) is 0 Å². The van der Waals surface area contributed by atoms with Gasteiger partial charge in [0.2, 0.25) is 0 Å². The standard InChI is InChI=1S/C9H16O/c1-6-7-9(4,10-7)5-8(6,2)3/h6-7H,5H2,1-4H3. The first kappa shape index (κ1) is 6.66. The van der Waals surface area contributed by atoms with Gasteiger partial charge < -0.3 is 4.74 Å². The van der Waals surface area contributed by atoms with Gasteiger partial charge in [0.05, 0.1) is 11.7 Å². The highest BCUT2D eigenvalue weighted by Crippen LogP contribution is 2.60. The van der Waals surface area contributed by atoms with Crippen LogP contribution in [-0.2, 0) is 4.74 Å². The summed E-state index contributed by atoms with van der Waals surface area (Å²) in [6.45, 7) is 9.24. The normalized spacial score (nSPS) is 56.4. The second kappa shape index (κ2) is 1.42. The Hall–Kier alpha value is -0.0400. The number of ether oxygens (including phenoxy) is 1. The quantitative estimate of drug-likeness (QED) is 0.470. The molecule has 10 heavy (non-hydrogen) atoms. The highest BCUT2D eigenvalue weighted by molar-refractivity contribution is 5.13. The maximum absolute atomic E-state index is 5.59. The van der Waals surface area contributed by atoms with Crippen LogP contribution >= 0.6 is 0 Å². The van der Waals surface area contributed by atoms with Gasteiger partial charge in [0, 0.05) is 0 Å². The van der Waals surface area contributed by atoms with Crippen LogP contribution in [-0.4, -0.2) is 11.7 Å². The molecule has 2 aliphatic rings. The fourth-order valence-electron chi connectivity index (χ4n) is 2.50. The molecule has 58 valence electrons.